The van der Waals surface area contributed by atoms with Gasteiger partial charge in [0.15, 0.2) is 0 Å². The van der Waals surface area contributed by atoms with Gasteiger partial charge in [0.05, 0.1) is 12.2 Å². The lowest BCUT2D eigenvalue weighted by Gasteiger charge is -2.18. The van der Waals surface area contributed by atoms with E-state index >= 15 is 0 Å². The maximum absolute atomic E-state index is 11.6. The fraction of sp³-hybridized carbons (Fsp3) is 0.500. The third kappa shape index (κ3) is 4.75. The first-order chi connectivity index (χ1) is 8.52. The number of esters is 1. The Morgan fingerprint density at radius 1 is 1.39 bits per heavy atom. The molecule has 0 aromatic heterocycles. The number of carbonyl (C=O) groups is 1. The van der Waals surface area contributed by atoms with Crippen molar-refractivity contribution < 1.29 is 14.3 Å². The van der Waals surface area contributed by atoms with E-state index in [1.54, 1.807) is 25.1 Å². The highest BCUT2D eigenvalue weighted by molar-refractivity contribution is 5.89. The van der Waals surface area contributed by atoms with Crippen molar-refractivity contribution in [1.82, 2.24) is 4.90 Å². The second-order valence-electron chi connectivity index (χ2n) is 4.44. The minimum Gasteiger partial charge on any atom is -0.489 e. The molecule has 4 heteroatoms. The summed E-state index contributed by atoms with van der Waals surface area (Å²) in [6.07, 6.45) is 0.0671. The number of carbonyl (C=O) groups excluding carboxylic acids is 1. The van der Waals surface area contributed by atoms with Gasteiger partial charge in [0.25, 0.3) is 0 Å². The van der Waals surface area contributed by atoms with Crippen LogP contribution in [0.3, 0.4) is 0 Å². The van der Waals surface area contributed by atoms with Gasteiger partial charge in [0.2, 0.25) is 0 Å². The van der Waals surface area contributed by atoms with Crippen LogP contribution in [-0.2, 0) is 4.74 Å². The van der Waals surface area contributed by atoms with E-state index < -0.39 is 0 Å². The van der Waals surface area contributed by atoms with Crippen LogP contribution >= 0.6 is 0 Å². The summed E-state index contributed by atoms with van der Waals surface area (Å²) in [4.78, 5) is 13.6. The molecule has 0 aliphatic carbocycles. The smallest absolute Gasteiger partial charge is 0.338 e. The molecule has 0 amide bonds. The quantitative estimate of drug-likeness (QED) is 0.726. The van der Waals surface area contributed by atoms with Gasteiger partial charge >= 0.3 is 5.97 Å². The molecule has 1 atom stereocenters. The van der Waals surface area contributed by atoms with Crippen LogP contribution in [0.4, 0.5) is 0 Å². The maximum atomic E-state index is 11.6. The fourth-order valence-corrected chi connectivity index (χ4v) is 1.69. The number of benzene rings is 1. The van der Waals surface area contributed by atoms with Crippen molar-refractivity contribution in [3.8, 4) is 5.75 Å². The number of hydrogen-bond acceptors (Lipinski definition) is 4. The highest BCUT2D eigenvalue weighted by Gasteiger charge is 2.09. The van der Waals surface area contributed by atoms with Crippen molar-refractivity contribution >= 4 is 5.97 Å². The van der Waals surface area contributed by atoms with Gasteiger partial charge in [0.1, 0.15) is 11.9 Å². The van der Waals surface area contributed by atoms with Crippen molar-refractivity contribution in [2.75, 3.05) is 27.2 Å². The molecule has 1 aromatic carbocycles. The monoisotopic (exact) mass is 251 g/mol. The standard InChI is InChI=1S/C14H21NO3/c1-5-17-14(16)12-7-6-8-13(9-12)18-11(2)10-15(3)4/h6-9,11H,5,10H2,1-4H3. The molecular formula is C14H21NO3. The summed E-state index contributed by atoms with van der Waals surface area (Å²) in [7, 11) is 3.99. The van der Waals surface area contributed by atoms with E-state index in [-0.39, 0.29) is 12.1 Å². The van der Waals surface area contributed by atoms with Crippen LogP contribution in [0.1, 0.15) is 24.2 Å². The Morgan fingerprint density at radius 3 is 2.72 bits per heavy atom. The van der Waals surface area contributed by atoms with Gasteiger partial charge in [-0.3, -0.25) is 0 Å². The minimum atomic E-state index is -0.316. The Morgan fingerprint density at radius 2 is 2.11 bits per heavy atom. The van der Waals surface area contributed by atoms with E-state index in [4.69, 9.17) is 9.47 Å². The van der Waals surface area contributed by atoms with Crippen LogP contribution in [0.15, 0.2) is 24.3 Å². The molecule has 100 valence electrons. The first-order valence-corrected chi connectivity index (χ1v) is 6.11. The van der Waals surface area contributed by atoms with Crippen LogP contribution in [0.25, 0.3) is 0 Å². The van der Waals surface area contributed by atoms with Crippen LogP contribution in [0, 0.1) is 0 Å². The summed E-state index contributed by atoms with van der Waals surface area (Å²) >= 11 is 0. The minimum absolute atomic E-state index is 0.0671. The third-order valence-corrected chi connectivity index (χ3v) is 2.30. The number of likely N-dealkylation sites (N-methyl/N-ethyl adjacent to an activating group) is 1. The molecule has 0 aliphatic rings. The lowest BCUT2D eigenvalue weighted by atomic mass is 10.2. The predicted octanol–water partition coefficient (Wildman–Crippen LogP) is 2.19. The molecule has 1 unspecified atom stereocenters. The van der Waals surface area contributed by atoms with Gasteiger partial charge in [-0.25, -0.2) is 4.79 Å². The van der Waals surface area contributed by atoms with Gasteiger partial charge in [-0.2, -0.15) is 0 Å². The highest BCUT2D eigenvalue weighted by Crippen LogP contribution is 2.16. The van der Waals surface area contributed by atoms with E-state index in [9.17, 15) is 4.79 Å². The molecule has 0 bridgehead atoms. The second-order valence-corrected chi connectivity index (χ2v) is 4.44. The van der Waals surface area contributed by atoms with E-state index in [2.05, 4.69) is 4.90 Å². The van der Waals surface area contributed by atoms with E-state index in [0.29, 0.717) is 17.9 Å². The molecule has 0 saturated heterocycles. The average Bonchev–Trinajstić information content (AvgIpc) is 2.28. The molecule has 0 radical (unpaired) electrons. The molecule has 0 N–H and O–H groups in total. The SMILES string of the molecule is CCOC(=O)c1cccc(OC(C)CN(C)C)c1. The molecule has 0 spiro atoms. The summed E-state index contributed by atoms with van der Waals surface area (Å²) in [5, 5.41) is 0. The number of nitrogens with zero attached hydrogens (tertiary/aromatic N) is 1. The molecule has 0 saturated carbocycles. The van der Waals surface area contributed by atoms with Crippen LogP contribution in [0.5, 0.6) is 5.75 Å². The van der Waals surface area contributed by atoms with Gasteiger partial charge in [-0.15, -0.1) is 0 Å². The summed E-state index contributed by atoms with van der Waals surface area (Å²) in [6, 6.07) is 7.07. The Balaban J connectivity index is 2.67. The molecule has 1 aromatic rings. The Hall–Kier alpha value is -1.55. The zero-order valence-electron chi connectivity index (χ0n) is 11.5. The zero-order valence-corrected chi connectivity index (χ0v) is 11.5. The zero-order chi connectivity index (χ0) is 13.5. The van der Waals surface area contributed by atoms with E-state index in [1.807, 2.05) is 27.1 Å². The Kier molecular flexibility index (Phi) is 5.65. The number of rotatable bonds is 6. The Bertz CT molecular complexity index is 390. The summed E-state index contributed by atoms with van der Waals surface area (Å²) in [5.74, 6) is 0.373. The normalized spacial score (nSPS) is 12.3. The lowest BCUT2D eigenvalue weighted by molar-refractivity contribution is 0.0525. The molecular weight excluding hydrogens is 230 g/mol. The largest absolute Gasteiger partial charge is 0.489 e. The summed E-state index contributed by atoms with van der Waals surface area (Å²) < 4.78 is 10.7. The van der Waals surface area contributed by atoms with Crippen molar-refractivity contribution in [2.24, 2.45) is 0 Å². The van der Waals surface area contributed by atoms with Gasteiger partial charge in [-0.05, 0) is 46.1 Å². The van der Waals surface area contributed by atoms with E-state index in [0.717, 1.165) is 6.54 Å². The molecule has 1 rings (SSSR count). The number of hydrogen-bond donors (Lipinski definition) is 0. The van der Waals surface area contributed by atoms with Crippen molar-refractivity contribution in [2.45, 2.75) is 20.0 Å². The predicted molar refractivity (Wildman–Crippen MR) is 71.0 cm³/mol. The van der Waals surface area contributed by atoms with Gasteiger partial charge in [-0.1, -0.05) is 6.07 Å². The fourth-order valence-electron chi connectivity index (χ4n) is 1.69. The first-order valence-electron chi connectivity index (χ1n) is 6.11. The molecule has 0 aliphatic heterocycles. The second kappa shape index (κ2) is 7.01. The summed E-state index contributed by atoms with van der Waals surface area (Å²) in [6.45, 7) is 4.99. The number of ether oxygens (including phenoxy) is 2. The molecule has 0 heterocycles. The van der Waals surface area contributed by atoms with Gasteiger partial charge in [0, 0.05) is 6.54 Å². The molecule has 0 fully saturated rings. The Labute approximate surface area is 108 Å². The van der Waals surface area contributed by atoms with Crippen molar-refractivity contribution in [3.63, 3.8) is 0 Å². The highest BCUT2D eigenvalue weighted by atomic mass is 16.5. The third-order valence-electron chi connectivity index (χ3n) is 2.30. The van der Waals surface area contributed by atoms with Gasteiger partial charge < -0.3 is 14.4 Å². The average molecular weight is 251 g/mol. The molecule has 18 heavy (non-hydrogen) atoms. The summed E-state index contributed by atoms with van der Waals surface area (Å²) in [5.41, 5.74) is 0.520. The van der Waals surface area contributed by atoms with Crippen molar-refractivity contribution in [1.29, 1.82) is 0 Å². The molecule has 4 nitrogen and oxygen atoms in total. The topological polar surface area (TPSA) is 38.8 Å². The first kappa shape index (κ1) is 14.5. The van der Waals surface area contributed by atoms with Crippen LogP contribution < -0.4 is 4.74 Å². The maximum Gasteiger partial charge on any atom is 0.338 e. The van der Waals surface area contributed by atoms with Crippen LogP contribution in [-0.4, -0.2) is 44.2 Å². The van der Waals surface area contributed by atoms with E-state index in [1.165, 1.54) is 0 Å². The van der Waals surface area contributed by atoms with Crippen LogP contribution in [0.2, 0.25) is 0 Å². The lowest BCUT2D eigenvalue weighted by Crippen LogP contribution is -2.28. The van der Waals surface area contributed by atoms with Crippen molar-refractivity contribution in [3.05, 3.63) is 29.8 Å².